The lowest BCUT2D eigenvalue weighted by molar-refractivity contribution is 0.0910. The molecule has 16 heavy (non-hydrogen) atoms. The van der Waals surface area contributed by atoms with Gasteiger partial charge in [-0.2, -0.15) is 5.10 Å². The molecule has 0 spiro atoms. The normalized spacial score (nSPS) is 24.9. The fraction of sp³-hybridized carbons (Fsp3) is 0.667. The summed E-state index contributed by atoms with van der Waals surface area (Å²) >= 11 is 5.98. The van der Waals surface area contributed by atoms with Gasteiger partial charge >= 0.3 is 0 Å². The van der Waals surface area contributed by atoms with Crippen molar-refractivity contribution < 1.29 is 4.79 Å². The number of aryl methyl sites for hydroxylation is 1. The molecular formula is C12H17ClN2O. The molecule has 1 aliphatic carbocycles. The SMILES string of the molecule is CCC1CCC(C(=O)c2c(Cl)cnn2C)C1. The molecular weight excluding hydrogens is 224 g/mol. The Hall–Kier alpha value is -0.830. The van der Waals surface area contributed by atoms with Crippen molar-refractivity contribution in [1.29, 1.82) is 0 Å². The van der Waals surface area contributed by atoms with Crippen LogP contribution >= 0.6 is 11.6 Å². The molecule has 0 radical (unpaired) electrons. The Bertz CT molecular complexity index is 380. The maximum Gasteiger partial charge on any atom is 0.185 e. The predicted octanol–water partition coefficient (Wildman–Crippen LogP) is 3.08. The monoisotopic (exact) mass is 240 g/mol. The fourth-order valence-electron chi connectivity index (χ4n) is 2.57. The van der Waals surface area contributed by atoms with Crippen molar-refractivity contribution in [2.45, 2.75) is 32.6 Å². The molecule has 88 valence electrons. The summed E-state index contributed by atoms with van der Waals surface area (Å²) in [5.74, 6) is 1.03. The Balaban J connectivity index is 2.15. The third-order valence-corrected chi connectivity index (χ3v) is 3.89. The highest BCUT2D eigenvalue weighted by Gasteiger charge is 2.31. The minimum absolute atomic E-state index is 0.151. The highest BCUT2D eigenvalue weighted by Crippen LogP contribution is 2.35. The van der Waals surface area contributed by atoms with Crippen LogP contribution in [0.2, 0.25) is 5.02 Å². The summed E-state index contributed by atoms with van der Waals surface area (Å²) in [7, 11) is 1.77. The van der Waals surface area contributed by atoms with Crippen LogP contribution in [0.15, 0.2) is 6.20 Å². The van der Waals surface area contributed by atoms with Gasteiger partial charge in [0.2, 0.25) is 0 Å². The zero-order valence-corrected chi connectivity index (χ0v) is 10.5. The lowest BCUT2D eigenvalue weighted by Crippen LogP contribution is -2.16. The van der Waals surface area contributed by atoms with Crippen LogP contribution in [0.4, 0.5) is 0 Å². The Morgan fingerprint density at radius 3 is 2.88 bits per heavy atom. The van der Waals surface area contributed by atoms with E-state index < -0.39 is 0 Å². The van der Waals surface area contributed by atoms with Crippen LogP contribution in [-0.2, 0) is 7.05 Å². The molecule has 0 aliphatic heterocycles. The van der Waals surface area contributed by atoms with Gasteiger partial charge in [-0.3, -0.25) is 9.48 Å². The zero-order valence-electron chi connectivity index (χ0n) is 9.74. The van der Waals surface area contributed by atoms with Crippen LogP contribution < -0.4 is 0 Å². The maximum atomic E-state index is 12.3. The summed E-state index contributed by atoms with van der Waals surface area (Å²) in [4.78, 5) is 12.3. The first-order chi connectivity index (χ1) is 7.63. The number of Topliss-reactive ketones (excluding diaryl/α,β-unsaturated/α-hetero) is 1. The number of hydrogen-bond donors (Lipinski definition) is 0. The third-order valence-electron chi connectivity index (χ3n) is 3.62. The first-order valence-corrected chi connectivity index (χ1v) is 6.23. The van der Waals surface area contributed by atoms with Crippen molar-refractivity contribution in [3.63, 3.8) is 0 Å². The van der Waals surface area contributed by atoms with Gasteiger partial charge in [0.25, 0.3) is 0 Å². The van der Waals surface area contributed by atoms with E-state index in [1.807, 2.05) is 0 Å². The van der Waals surface area contributed by atoms with Crippen molar-refractivity contribution in [3.8, 4) is 0 Å². The summed E-state index contributed by atoms with van der Waals surface area (Å²) in [5.41, 5.74) is 0.573. The van der Waals surface area contributed by atoms with E-state index in [9.17, 15) is 4.79 Å². The van der Waals surface area contributed by atoms with Crippen LogP contribution in [0.25, 0.3) is 0 Å². The van der Waals surface area contributed by atoms with E-state index >= 15 is 0 Å². The lowest BCUT2D eigenvalue weighted by atomic mass is 9.97. The van der Waals surface area contributed by atoms with Gasteiger partial charge in [0.15, 0.2) is 5.78 Å². The van der Waals surface area contributed by atoms with E-state index in [-0.39, 0.29) is 11.7 Å². The largest absolute Gasteiger partial charge is 0.292 e. The number of halogens is 1. The van der Waals surface area contributed by atoms with E-state index in [4.69, 9.17) is 11.6 Å². The second-order valence-electron chi connectivity index (χ2n) is 4.61. The predicted molar refractivity (Wildman–Crippen MR) is 63.7 cm³/mol. The molecule has 1 heterocycles. The first-order valence-electron chi connectivity index (χ1n) is 5.85. The second kappa shape index (κ2) is 4.58. The van der Waals surface area contributed by atoms with Gasteiger partial charge in [-0.1, -0.05) is 24.9 Å². The molecule has 0 N–H and O–H groups in total. The zero-order chi connectivity index (χ0) is 11.7. The summed E-state index contributed by atoms with van der Waals surface area (Å²) in [6, 6.07) is 0. The molecule has 1 aromatic rings. The second-order valence-corrected chi connectivity index (χ2v) is 5.02. The molecule has 0 saturated heterocycles. The van der Waals surface area contributed by atoms with Crippen molar-refractivity contribution in [1.82, 2.24) is 9.78 Å². The molecule has 0 amide bonds. The number of rotatable bonds is 3. The van der Waals surface area contributed by atoms with Gasteiger partial charge in [0.1, 0.15) is 5.69 Å². The molecule has 2 unspecified atom stereocenters. The van der Waals surface area contributed by atoms with Crippen LogP contribution in [-0.4, -0.2) is 15.6 Å². The van der Waals surface area contributed by atoms with E-state index in [1.54, 1.807) is 17.9 Å². The number of hydrogen-bond acceptors (Lipinski definition) is 2. The smallest absolute Gasteiger partial charge is 0.185 e. The molecule has 0 bridgehead atoms. The van der Waals surface area contributed by atoms with Gasteiger partial charge in [0.05, 0.1) is 11.2 Å². The van der Waals surface area contributed by atoms with Gasteiger partial charge in [-0.05, 0) is 25.2 Å². The van der Waals surface area contributed by atoms with Crippen LogP contribution in [0.1, 0.15) is 43.1 Å². The molecule has 1 aliphatic rings. The molecule has 4 heteroatoms. The summed E-state index contributed by atoms with van der Waals surface area (Å²) in [5, 5.41) is 4.49. The van der Waals surface area contributed by atoms with E-state index in [1.165, 1.54) is 12.8 Å². The Morgan fingerprint density at radius 1 is 1.62 bits per heavy atom. The molecule has 0 aromatic carbocycles. The average molecular weight is 241 g/mol. The van der Waals surface area contributed by atoms with Crippen molar-refractivity contribution >= 4 is 17.4 Å². The summed E-state index contributed by atoms with van der Waals surface area (Å²) in [6.07, 6.45) is 5.89. The molecule has 2 atom stereocenters. The number of ketones is 1. The van der Waals surface area contributed by atoms with E-state index in [0.717, 1.165) is 12.8 Å². The average Bonchev–Trinajstić information content (AvgIpc) is 2.85. The molecule has 1 saturated carbocycles. The Morgan fingerprint density at radius 2 is 2.38 bits per heavy atom. The van der Waals surface area contributed by atoms with Crippen molar-refractivity contribution in [3.05, 3.63) is 16.9 Å². The maximum absolute atomic E-state index is 12.3. The van der Waals surface area contributed by atoms with Crippen LogP contribution in [0.5, 0.6) is 0 Å². The minimum atomic E-state index is 0.151. The molecule has 3 nitrogen and oxygen atoms in total. The van der Waals surface area contributed by atoms with Gasteiger partial charge < -0.3 is 0 Å². The Kier molecular flexibility index (Phi) is 3.33. The number of aromatic nitrogens is 2. The van der Waals surface area contributed by atoms with Gasteiger partial charge in [-0.25, -0.2) is 0 Å². The summed E-state index contributed by atoms with van der Waals surface area (Å²) < 4.78 is 1.59. The van der Waals surface area contributed by atoms with Crippen LogP contribution in [0.3, 0.4) is 0 Å². The molecule has 2 rings (SSSR count). The van der Waals surface area contributed by atoms with E-state index in [2.05, 4.69) is 12.0 Å². The fourth-order valence-corrected chi connectivity index (χ4v) is 2.82. The molecule has 1 aromatic heterocycles. The van der Waals surface area contributed by atoms with Gasteiger partial charge in [0, 0.05) is 13.0 Å². The third kappa shape index (κ3) is 2.01. The Labute approximate surface area is 101 Å². The van der Waals surface area contributed by atoms with Gasteiger partial charge in [-0.15, -0.1) is 0 Å². The number of carbonyl (C=O) groups excluding carboxylic acids is 1. The first kappa shape index (κ1) is 11.6. The lowest BCUT2D eigenvalue weighted by Gasteiger charge is -2.09. The highest BCUT2D eigenvalue weighted by molar-refractivity contribution is 6.33. The topological polar surface area (TPSA) is 34.9 Å². The van der Waals surface area contributed by atoms with Crippen LogP contribution in [0, 0.1) is 11.8 Å². The van der Waals surface area contributed by atoms with Crippen molar-refractivity contribution in [2.75, 3.05) is 0 Å². The number of nitrogens with zero attached hydrogens (tertiary/aromatic N) is 2. The highest BCUT2D eigenvalue weighted by atomic mass is 35.5. The standard InChI is InChI=1S/C12H17ClN2O/c1-3-8-4-5-9(6-8)12(16)11-10(13)7-14-15(11)2/h7-9H,3-6H2,1-2H3. The minimum Gasteiger partial charge on any atom is -0.292 e. The van der Waals surface area contributed by atoms with Crippen molar-refractivity contribution in [2.24, 2.45) is 18.9 Å². The quantitative estimate of drug-likeness (QED) is 0.761. The number of carbonyl (C=O) groups is 1. The van der Waals surface area contributed by atoms with E-state index in [0.29, 0.717) is 16.6 Å². The summed E-state index contributed by atoms with van der Waals surface area (Å²) in [6.45, 7) is 2.19. The molecule has 1 fully saturated rings.